The molecule has 0 aliphatic carbocycles. The molecule has 7 heteroatoms. The molecule has 156 valence electrons. The van der Waals surface area contributed by atoms with E-state index in [-0.39, 0.29) is 23.9 Å². The molecule has 0 saturated heterocycles. The van der Waals surface area contributed by atoms with Crippen molar-refractivity contribution in [2.75, 3.05) is 11.9 Å². The number of nitrogens with zero attached hydrogens (tertiary/aromatic N) is 1. The van der Waals surface area contributed by atoms with E-state index in [2.05, 4.69) is 21.2 Å². The number of para-hydroxylation sites is 1. The molecule has 0 bridgehead atoms. The molecule has 0 aliphatic rings. The van der Waals surface area contributed by atoms with E-state index in [1.165, 1.54) is 16.4 Å². The van der Waals surface area contributed by atoms with E-state index in [4.69, 9.17) is 0 Å². The number of benzene rings is 3. The first kappa shape index (κ1) is 22.2. The van der Waals surface area contributed by atoms with Gasteiger partial charge in [0.1, 0.15) is 0 Å². The number of sulfonamides is 1. The van der Waals surface area contributed by atoms with Gasteiger partial charge in [-0.2, -0.15) is 4.31 Å². The molecule has 0 unspecified atom stereocenters. The van der Waals surface area contributed by atoms with Crippen molar-refractivity contribution in [2.45, 2.75) is 25.3 Å². The van der Waals surface area contributed by atoms with Crippen LogP contribution < -0.4 is 5.32 Å². The zero-order valence-electron chi connectivity index (χ0n) is 16.8. The van der Waals surface area contributed by atoms with E-state index >= 15 is 0 Å². The number of anilines is 1. The van der Waals surface area contributed by atoms with Crippen molar-refractivity contribution in [2.24, 2.45) is 0 Å². The predicted molar refractivity (Wildman–Crippen MR) is 123 cm³/mol. The van der Waals surface area contributed by atoms with Gasteiger partial charge < -0.3 is 5.32 Å². The third-order valence-electron chi connectivity index (χ3n) is 4.72. The van der Waals surface area contributed by atoms with E-state index in [0.717, 1.165) is 21.2 Å². The first-order valence-corrected chi connectivity index (χ1v) is 11.7. The van der Waals surface area contributed by atoms with Gasteiger partial charge in [-0.1, -0.05) is 64.5 Å². The fraction of sp³-hybridized carbons (Fsp3) is 0.174. The average Bonchev–Trinajstić information content (AvgIpc) is 2.72. The Morgan fingerprint density at radius 2 is 1.50 bits per heavy atom. The molecule has 5 nitrogen and oxygen atoms in total. The lowest BCUT2D eigenvalue weighted by Crippen LogP contribution is -2.37. The van der Waals surface area contributed by atoms with E-state index in [0.29, 0.717) is 5.69 Å². The minimum atomic E-state index is -3.86. The fourth-order valence-electron chi connectivity index (χ4n) is 3.11. The Morgan fingerprint density at radius 1 is 0.900 bits per heavy atom. The number of amides is 1. The van der Waals surface area contributed by atoms with E-state index in [1.54, 1.807) is 18.2 Å². The molecule has 3 rings (SSSR count). The Morgan fingerprint density at radius 3 is 2.10 bits per heavy atom. The van der Waals surface area contributed by atoms with Gasteiger partial charge in [0.05, 0.1) is 11.4 Å². The normalized spacial score (nSPS) is 11.5. The first-order valence-electron chi connectivity index (χ1n) is 9.43. The van der Waals surface area contributed by atoms with Crippen LogP contribution in [0.25, 0.3) is 0 Å². The third-order valence-corrected chi connectivity index (χ3v) is 7.05. The van der Waals surface area contributed by atoms with Crippen LogP contribution in [0.2, 0.25) is 0 Å². The Labute approximate surface area is 185 Å². The summed E-state index contributed by atoms with van der Waals surface area (Å²) in [7, 11) is -3.86. The summed E-state index contributed by atoms with van der Waals surface area (Å²) in [6, 6.07) is 21.3. The summed E-state index contributed by atoms with van der Waals surface area (Å²) in [6.07, 6.45) is 0. The molecular weight excluding hydrogens is 464 g/mol. The van der Waals surface area contributed by atoms with E-state index in [1.807, 2.05) is 56.3 Å². The first-order chi connectivity index (χ1) is 14.3. The SMILES string of the molecule is Cc1cccc(C)c1NC(=O)CN(Cc1ccc(Br)cc1)S(=O)(=O)c1ccccc1. The summed E-state index contributed by atoms with van der Waals surface area (Å²) in [5.41, 5.74) is 3.35. The van der Waals surface area contributed by atoms with E-state index in [9.17, 15) is 13.2 Å². The quantitative estimate of drug-likeness (QED) is 0.516. The standard InChI is InChI=1S/C23H23BrN2O3S/c1-17-7-6-8-18(2)23(17)25-22(27)16-26(15-19-11-13-20(24)14-12-19)30(28,29)21-9-4-3-5-10-21/h3-14H,15-16H2,1-2H3,(H,25,27). The van der Waals surface area contributed by atoms with Crippen molar-refractivity contribution in [3.8, 4) is 0 Å². The van der Waals surface area contributed by atoms with Crippen LogP contribution in [0.1, 0.15) is 16.7 Å². The maximum atomic E-state index is 13.3. The molecule has 3 aromatic carbocycles. The van der Waals surface area contributed by atoms with Crippen molar-refractivity contribution in [3.05, 3.63) is 94.0 Å². The van der Waals surface area contributed by atoms with Crippen molar-refractivity contribution in [1.82, 2.24) is 4.31 Å². The zero-order chi connectivity index (χ0) is 21.7. The molecular formula is C23H23BrN2O3S. The topological polar surface area (TPSA) is 66.5 Å². The Kier molecular flexibility index (Phi) is 7.07. The minimum absolute atomic E-state index is 0.0880. The van der Waals surface area contributed by atoms with Gasteiger partial charge in [0.2, 0.25) is 15.9 Å². The van der Waals surface area contributed by atoms with Crippen LogP contribution in [0.15, 0.2) is 82.2 Å². The largest absolute Gasteiger partial charge is 0.324 e. The summed E-state index contributed by atoms with van der Waals surface area (Å²) >= 11 is 3.38. The molecule has 0 spiro atoms. The van der Waals surface area contributed by atoms with Gasteiger partial charge in [-0.15, -0.1) is 0 Å². The van der Waals surface area contributed by atoms with Gasteiger partial charge in [0, 0.05) is 16.7 Å². The average molecular weight is 487 g/mol. The number of rotatable bonds is 7. The number of carbonyl (C=O) groups excluding carboxylic acids is 1. The molecule has 0 heterocycles. The highest BCUT2D eigenvalue weighted by atomic mass is 79.9. The fourth-order valence-corrected chi connectivity index (χ4v) is 4.78. The lowest BCUT2D eigenvalue weighted by atomic mass is 10.1. The predicted octanol–water partition coefficient (Wildman–Crippen LogP) is 4.90. The molecule has 0 fully saturated rings. The monoisotopic (exact) mass is 486 g/mol. The van der Waals surface area contributed by atoms with Crippen molar-refractivity contribution in [3.63, 3.8) is 0 Å². The molecule has 1 N–H and O–H groups in total. The Balaban J connectivity index is 1.89. The van der Waals surface area contributed by atoms with Crippen LogP contribution in [-0.4, -0.2) is 25.2 Å². The van der Waals surface area contributed by atoms with Gasteiger partial charge in [-0.3, -0.25) is 4.79 Å². The second-order valence-electron chi connectivity index (χ2n) is 7.03. The van der Waals surface area contributed by atoms with E-state index < -0.39 is 10.0 Å². The van der Waals surface area contributed by atoms with Gasteiger partial charge in [0.15, 0.2) is 0 Å². The molecule has 30 heavy (non-hydrogen) atoms. The number of hydrogen-bond acceptors (Lipinski definition) is 3. The maximum absolute atomic E-state index is 13.3. The van der Waals surface area contributed by atoms with Crippen LogP contribution in [0.3, 0.4) is 0 Å². The minimum Gasteiger partial charge on any atom is -0.324 e. The summed E-state index contributed by atoms with van der Waals surface area (Å²) in [6.45, 7) is 3.61. The second-order valence-corrected chi connectivity index (χ2v) is 9.88. The van der Waals surface area contributed by atoms with Crippen LogP contribution in [0, 0.1) is 13.8 Å². The number of carbonyl (C=O) groups is 1. The van der Waals surface area contributed by atoms with Crippen LogP contribution >= 0.6 is 15.9 Å². The van der Waals surface area contributed by atoms with Crippen LogP contribution in [0.5, 0.6) is 0 Å². The summed E-state index contributed by atoms with van der Waals surface area (Å²) in [5, 5.41) is 2.87. The van der Waals surface area contributed by atoms with Crippen molar-refractivity contribution in [1.29, 1.82) is 0 Å². The van der Waals surface area contributed by atoms with Crippen LogP contribution in [-0.2, 0) is 21.4 Å². The Hall–Kier alpha value is -2.48. The number of halogens is 1. The third kappa shape index (κ3) is 5.36. The Bertz CT molecular complexity index is 1110. The number of hydrogen-bond donors (Lipinski definition) is 1. The van der Waals surface area contributed by atoms with Crippen molar-refractivity contribution < 1.29 is 13.2 Å². The summed E-state index contributed by atoms with van der Waals surface area (Å²) in [5.74, 6) is -0.385. The lowest BCUT2D eigenvalue weighted by molar-refractivity contribution is -0.116. The molecule has 0 aromatic heterocycles. The molecule has 0 aliphatic heterocycles. The van der Waals surface area contributed by atoms with Crippen molar-refractivity contribution >= 4 is 37.5 Å². The second kappa shape index (κ2) is 9.55. The lowest BCUT2D eigenvalue weighted by Gasteiger charge is -2.22. The highest BCUT2D eigenvalue weighted by Crippen LogP contribution is 2.22. The van der Waals surface area contributed by atoms with Gasteiger partial charge in [-0.05, 0) is 54.8 Å². The highest BCUT2D eigenvalue weighted by Gasteiger charge is 2.27. The van der Waals surface area contributed by atoms with Gasteiger partial charge >= 0.3 is 0 Å². The van der Waals surface area contributed by atoms with Gasteiger partial charge in [-0.25, -0.2) is 8.42 Å². The smallest absolute Gasteiger partial charge is 0.243 e. The number of nitrogens with one attached hydrogen (secondary N) is 1. The summed E-state index contributed by atoms with van der Waals surface area (Å²) in [4.78, 5) is 13.0. The molecule has 1 amide bonds. The van der Waals surface area contributed by atoms with Gasteiger partial charge in [0.25, 0.3) is 0 Å². The molecule has 0 atom stereocenters. The molecule has 0 radical (unpaired) electrons. The summed E-state index contributed by atoms with van der Waals surface area (Å²) < 4.78 is 28.6. The highest BCUT2D eigenvalue weighted by molar-refractivity contribution is 9.10. The number of aryl methyl sites for hydroxylation is 2. The van der Waals surface area contributed by atoms with Crippen LogP contribution in [0.4, 0.5) is 5.69 Å². The maximum Gasteiger partial charge on any atom is 0.243 e. The molecule has 3 aromatic rings. The zero-order valence-corrected chi connectivity index (χ0v) is 19.2. The molecule has 0 saturated carbocycles.